The van der Waals surface area contributed by atoms with Crippen LogP contribution in [0.5, 0.6) is 0 Å². The molecule has 24 heavy (non-hydrogen) atoms. The van der Waals surface area contributed by atoms with Crippen molar-refractivity contribution < 1.29 is 9.59 Å². The van der Waals surface area contributed by atoms with E-state index in [9.17, 15) is 9.59 Å². The van der Waals surface area contributed by atoms with Crippen molar-refractivity contribution in [2.75, 3.05) is 31.1 Å². The van der Waals surface area contributed by atoms with E-state index in [1.54, 1.807) is 47.9 Å². The molecule has 2 aromatic heterocycles. The van der Waals surface area contributed by atoms with Gasteiger partial charge < -0.3 is 15.1 Å². The van der Waals surface area contributed by atoms with Gasteiger partial charge in [0.05, 0.1) is 0 Å². The third-order valence-corrected chi connectivity index (χ3v) is 3.80. The highest BCUT2D eigenvalue weighted by Gasteiger charge is 2.26. The third-order valence-electron chi connectivity index (χ3n) is 3.80. The fraction of sp³-hybridized carbons (Fsp3) is 0.312. The molecule has 2 amide bonds. The molecule has 124 valence electrons. The summed E-state index contributed by atoms with van der Waals surface area (Å²) in [7, 11) is 0. The number of piperazine rings is 1. The van der Waals surface area contributed by atoms with Crippen LogP contribution in [0.3, 0.4) is 0 Å². The van der Waals surface area contributed by atoms with Gasteiger partial charge in [0, 0.05) is 57.5 Å². The largest absolute Gasteiger partial charge is 0.344 e. The number of rotatable bonds is 3. The monoisotopic (exact) mass is 326 g/mol. The molecule has 1 N–H and O–H groups in total. The third kappa shape index (κ3) is 3.83. The van der Waals surface area contributed by atoms with Crippen LogP contribution in [0.2, 0.25) is 0 Å². The molecule has 0 atom stereocenters. The van der Waals surface area contributed by atoms with Crippen molar-refractivity contribution in [3.8, 4) is 0 Å². The molecule has 3 rings (SSSR count). The lowest BCUT2D eigenvalue weighted by molar-refractivity contribution is -0.146. The van der Waals surface area contributed by atoms with E-state index in [4.69, 9.17) is 0 Å². The van der Waals surface area contributed by atoms with Gasteiger partial charge in [-0.2, -0.15) is 0 Å². The number of carbonyl (C=O) groups is 2. The molecule has 0 aliphatic carbocycles. The van der Waals surface area contributed by atoms with E-state index < -0.39 is 11.8 Å². The van der Waals surface area contributed by atoms with E-state index in [1.165, 1.54) is 0 Å². The topological polar surface area (TPSA) is 91.3 Å². The zero-order chi connectivity index (χ0) is 16.8. The van der Waals surface area contributed by atoms with E-state index in [-0.39, 0.29) is 0 Å². The fourth-order valence-electron chi connectivity index (χ4n) is 2.47. The Hall–Kier alpha value is -3.03. The smallest absolute Gasteiger partial charge is 0.312 e. The molecule has 0 bridgehead atoms. The highest BCUT2D eigenvalue weighted by Crippen LogP contribution is 2.09. The van der Waals surface area contributed by atoms with Crippen LogP contribution >= 0.6 is 0 Å². The van der Waals surface area contributed by atoms with Crippen LogP contribution in [0.4, 0.5) is 5.95 Å². The van der Waals surface area contributed by atoms with Crippen molar-refractivity contribution in [2.24, 2.45) is 0 Å². The van der Waals surface area contributed by atoms with Gasteiger partial charge >= 0.3 is 11.8 Å². The number of nitrogens with one attached hydrogen (secondary N) is 1. The number of amides is 2. The fourth-order valence-corrected chi connectivity index (χ4v) is 2.47. The van der Waals surface area contributed by atoms with Crippen LogP contribution in [-0.4, -0.2) is 57.8 Å². The Morgan fingerprint density at radius 1 is 1.00 bits per heavy atom. The van der Waals surface area contributed by atoms with Crippen molar-refractivity contribution in [3.05, 3.63) is 48.5 Å². The van der Waals surface area contributed by atoms with Crippen LogP contribution in [0.25, 0.3) is 0 Å². The highest BCUT2D eigenvalue weighted by atomic mass is 16.2. The number of nitrogens with zero attached hydrogens (tertiary/aromatic N) is 5. The Balaban J connectivity index is 1.48. The standard InChI is InChI=1S/C16H18N6O2/c23-14(20-12-13-2-6-17-7-3-13)15(24)21-8-10-22(11-9-21)16-18-4-1-5-19-16/h1-7H,8-12H2,(H,20,23). The lowest BCUT2D eigenvalue weighted by Crippen LogP contribution is -2.52. The maximum Gasteiger partial charge on any atom is 0.312 e. The number of anilines is 1. The summed E-state index contributed by atoms with van der Waals surface area (Å²) in [6.07, 6.45) is 6.67. The van der Waals surface area contributed by atoms with Gasteiger partial charge in [0.1, 0.15) is 0 Å². The van der Waals surface area contributed by atoms with Crippen LogP contribution in [0, 0.1) is 0 Å². The minimum Gasteiger partial charge on any atom is -0.344 e. The Kier molecular flexibility index (Phi) is 4.95. The zero-order valence-electron chi connectivity index (χ0n) is 13.1. The van der Waals surface area contributed by atoms with Crippen molar-refractivity contribution in [1.29, 1.82) is 0 Å². The van der Waals surface area contributed by atoms with Gasteiger partial charge in [-0.15, -0.1) is 0 Å². The van der Waals surface area contributed by atoms with E-state index in [0.29, 0.717) is 38.7 Å². The van der Waals surface area contributed by atoms with Crippen molar-refractivity contribution >= 4 is 17.8 Å². The molecule has 1 saturated heterocycles. The first-order valence-electron chi connectivity index (χ1n) is 7.72. The van der Waals surface area contributed by atoms with Crippen molar-refractivity contribution in [2.45, 2.75) is 6.54 Å². The predicted octanol–water partition coefficient (Wildman–Crippen LogP) is -0.163. The lowest BCUT2D eigenvalue weighted by atomic mass is 10.2. The number of carbonyl (C=O) groups excluding carboxylic acids is 2. The molecule has 2 aromatic rings. The van der Waals surface area contributed by atoms with Gasteiger partial charge in [0.25, 0.3) is 0 Å². The Morgan fingerprint density at radius 3 is 2.33 bits per heavy atom. The lowest BCUT2D eigenvalue weighted by Gasteiger charge is -2.34. The number of aromatic nitrogens is 3. The molecule has 0 aromatic carbocycles. The summed E-state index contributed by atoms with van der Waals surface area (Å²) < 4.78 is 0. The number of hydrogen-bond acceptors (Lipinski definition) is 6. The molecule has 3 heterocycles. The van der Waals surface area contributed by atoms with Crippen LogP contribution < -0.4 is 10.2 Å². The molecule has 0 unspecified atom stereocenters. The number of hydrogen-bond donors (Lipinski definition) is 1. The second-order valence-electron chi connectivity index (χ2n) is 5.37. The van der Waals surface area contributed by atoms with E-state index >= 15 is 0 Å². The Bertz CT molecular complexity index is 686. The summed E-state index contributed by atoms with van der Waals surface area (Å²) in [6, 6.07) is 5.35. The molecule has 1 aliphatic heterocycles. The second-order valence-corrected chi connectivity index (χ2v) is 5.37. The average Bonchev–Trinajstić information content (AvgIpc) is 2.67. The van der Waals surface area contributed by atoms with Gasteiger partial charge in [0.15, 0.2) is 0 Å². The van der Waals surface area contributed by atoms with Crippen LogP contribution in [0.1, 0.15) is 5.56 Å². The summed E-state index contributed by atoms with van der Waals surface area (Å²) in [5, 5.41) is 2.64. The zero-order valence-corrected chi connectivity index (χ0v) is 13.1. The van der Waals surface area contributed by atoms with E-state index in [0.717, 1.165) is 5.56 Å². The van der Waals surface area contributed by atoms with Crippen LogP contribution in [-0.2, 0) is 16.1 Å². The van der Waals surface area contributed by atoms with Crippen molar-refractivity contribution in [3.63, 3.8) is 0 Å². The highest BCUT2D eigenvalue weighted by molar-refractivity contribution is 6.35. The predicted molar refractivity (Wildman–Crippen MR) is 86.9 cm³/mol. The van der Waals surface area contributed by atoms with E-state index in [2.05, 4.69) is 20.3 Å². The SMILES string of the molecule is O=C(NCc1ccncc1)C(=O)N1CCN(c2ncccn2)CC1. The maximum atomic E-state index is 12.2. The van der Waals surface area contributed by atoms with E-state index in [1.807, 2.05) is 4.90 Å². The molecular weight excluding hydrogens is 308 g/mol. The summed E-state index contributed by atoms with van der Waals surface area (Å²) >= 11 is 0. The minimum absolute atomic E-state index is 0.310. The van der Waals surface area contributed by atoms with Gasteiger partial charge in [0.2, 0.25) is 5.95 Å². The minimum atomic E-state index is -0.587. The molecule has 1 fully saturated rings. The Morgan fingerprint density at radius 2 is 1.67 bits per heavy atom. The summed E-state index contributed by atoms with van der Waals surface area (Å²) in [5.41, 5.74) is 0.900. The Labute approximate surface area is 139 Å². The average molecular weight is 326 g/mol. The molecule has 0 radical (unpaired) electrons. The summed E-state index contributed by atoms with van der Waals surface area (Å²) in [4.78, 5) is 40.1. The first-order chi connectivity index (χ1) is 11.7. The maximum absolute atomic E-state index is 12.2. The molecule has 0 saturated carbocycles. The van der Waals surface area contributed by atoms with Gasteiger partial charge in [-0.3, -0.25) is 14.6 Å². The van der Waals surface area contributed by atoms with Gasteiger partial charge in [-0.25, -0.2) is 9.97 Å². The molecular formula is C16H18N6O2. The molecule has 0 spiro atoms. The quantitative estimate of drug-likeness (QED) is 0.788. The van der Waals surface area contributed by atoms with Crippen molar-refractivity contribution in [1.82, 2.24) is 25.2 Å². The second kappa shape index (κ2) is 7.49. The molecule has 8 nitrogen and oxygen atoms in total. The normalized spacial score (nSPS) is 14.3. The summed E-state index contributed by atoms with van der Waals surface area (Å²) in [6.45, 7) is 2.46. The first-order valence-corrected chi connectivity index (χ1v) is 7.72. The molecule has 8 heteroatoms. The van der Waals surface area contributed by atoms with Crippen LogP contribution in [0.15, 0.2) is 43.0 Å². The number of pyridine rings is 1. The molecule has 1 aliphatic rings. The van der Waals surface area contributed by atoms with Gasteiger partial charge in [-0.1, -0.05) is 0 Å². The van der Waals surface area contributed by atoms with Gasteiger partial charge in [-0.05, 0) is 23.8 Å². The summed E-state index contributed by atoms with van der Waals surface area (Å²) in [5.74, 6) is -0.444. The first kappa shape index (κ1) is 15.9.